The molecule has 128 valence electrons. The fraction of sp³-hybridized carbons (Fsp3) is 0.111. The van der Waals surface area contributed by atoms with Gasteiger partial charge in [0.1, 0.15) is 24.1 Å². The van der Waals surface area contributed by atoms with Crippen LogP contribution in [0.15, 0.2) is 46.4 Å². The van der Waals surface area contributed by atoms with Crippen LogP contribution in [0.4, 0.5) is 4.39 Å². The average Bonchev–Trinajstić information content (AvgIpc) is 2.59. The van der Waals surface area contributed by atoms with E-state index < -0.39 is 5.91 Å². The normalized spacial score (nSPS) is 10.9. The number of hydrogen-bond donors (Lipinski definition) is 1. The molecule has 25 heavy (non-hydrogen) atoms. The first kappa shape index (κ1) is 18.5. The number of nitrogens with zero attached hydrogens (tertiary/aromatic N) is 1. The van der Waals surface area contributed by atoms with Crippen LogP contribution >= 0.6 is 15.9 Å². The van der Waals surface area contributed by atoms with Crippen LogP contribution < -0.4 is 15.2 Å². The Balaban J connectivity index is 2.33. The number of halogens is 2. The number of hydrogen-bond acceptors (Lipinski definition) is 4. The Labute approximate surface area is 152 Å². The van der Waals surface area contributed by atoms with Crippen LogP contribution in [0.2, 0.25) is 0 Å². The molecule has 0 radical (unpaired) electrons. The summed E-state index contributed by atoms with van der Waals surface area (Å²) in [5.74, 6) is -0.450. The second-order valence-electron chi connectivity index (χ2n) is 4.95. The minimum Gasteiger partial charge on any atom is -0.493 e. The third kappa shape index (κ3) is 4.58. The van der Waals surface area contributed by atoms with E-state index in [1.54, 1.807) is 36.4 Å². The van der Waals surface area contributed by atoms with Gasteiger partial charge >= 0.3 is 0 Å². The Morgan fingerprint density at radius 2 is 2.12 bits per heavy atom. The zero-order valence-corrected chi connectivity index (χ0v) is 14.8. The second-order valence-corrected chi connectivity index (χ2v) is 5.80. The van der Waals surface area contributed by atoms with E-state index in [1.165, 1.54) is 19.3 Å². The number of amides is 1. The molecule has 0 atom stereocenters. The van der Waals surface area contributed by atoms with Crippen molar-refractivity contribution in [3.05, 3.63) is 63.4 Å². The minimum absolute atomic E-state index is 0.0154. The molecule has 0 aliphatic carbocycles. The lowest BCUT2D eigenvalue weighted by molar-refractivity contribution is -0.114. The second kappa shape index (κ2) is 8.31. The lowest BCUT2D eigenvalue weighted by Gasteiger charge is -2.14. The molecule has 1 amide bonds. The maximum Gasteiger partial charge on any atom is 0.259 e. The van der Waals surface area contributed by atoms with Crippen LogP contribution in [0.25, 0.3) is 6.08 Å². The summed E-state index contributed by atoms with van der Waals surface area (Å²) in [6.07, 6.45) is 1.34. The van der Waals surface area contributed by atoms with E-state index in [-0.39, 0.29) is 18.0 Å². The van der Waals surface area contributed by atoms with Gasteiger partial charge in [0.15, 0.2) is 11.5 Å². The van der Waals surface area contributed by atoms with Crippen LogP contribution in [-0.2, 0) is 11.4 Å². The van der Waals surface area contributed by atoms with E-state index in [9.17, 15) is 9.18 Å². The van der Waals surface area contributed by atoms with Crippen LogP contribution in [0.3, 0.4) is 0 Å². The van der Waals surface area contributed by atoms with Gasteiger partial charge in [-0.05, 0) is 45.8 Å². The highest BCUT2D eigenvalue weighted by Gasteiger charge is 2.13. The number of methoxy groups -OCH3 is 1. The van der Waals surface area contributed by atoms with Gasteiger partial charge in [0.2, 0.25) is 0 Å². The predicted octanol–water partition coefficient (Wildman–Crippen LogP) is 3.57. The van der Waals surface area contributed by atoms with Gasteiger partial charge in [0.25, 0.3) is 5.91 Å². The van der Waals surface area contributed by atoms with Crippen LogP contribution in [0.1, 0.15) is 11.1 Å². The molecule has 0 saturated heterocycles. The monoisotopic (exact) mass is 404 g/mol. The van der Waals surface area contributed by atoms with Gasteiger partial charge < -0.3 is 15.2 Å². The van der Waals surface area contributed by atoms with Crippen molar-refractivity contribution in [1.82, 2.24) is 0 Å². The number of rotatable bonds is 6. The highest BCUT2D eigenvalue weighted by Crippen LogP contribution is 2.37. The Morgan fingerprint density at radius 3 is 2.72 bits per heavy atom. The zero-order chi connectivity index (χ0) is 18.4. The standard InChI is InChI=1S/C18H14BrFN2O3/c1-24-16-8-11(6-13(9-21)18(22)23)7-14(19)17(16)25-10-12-4-2-3-5-15(12)20/h2-8H,10H2,1H3,(H2,22,23)/b13-6+. The summed E-state index contributed by atoms with van der Waals surface area (Å²) in [6, 6.07) is 11.2. The van der Waals surface area contributed by atoms with Crippen molar-refractivity contribution >= 4 is 27.9 Å². The fourth-order valence-corrected chi connectivity index (χ4v) is 2.63. The maximum absolute atomic E-state index is 13.7. The molecule has 7 heteroatoms. The molecule has 0 aromatic heterocycles. The molecule has 0 heterocycles. The number of primary amides is 1. The molecular formula is C18H14BrFN2O3. The van der Waals surface area contributed by atoms with Crippen molar-refractivity contribution in [3.63, 3.8) is 0 Å². The Hall–Kier alpha value is -2.85. The molecule has 0 saturated carbocycles. The zero-order valence-electron chi connectivity index (χ0n) is 13.3. The van der Waals surface area contributed by atoms with E-state index in [0.29, 0.717) is 27.1 Å². The number of benzene rings is 2. The molecule has 0 aliphatic heterocycles. The van der Waals surface area contributed by atoms with E-state index in [1.807, 2.05) is 0 Å². The largest absolute Gasteiger partial charge is 0.493 e. The Morgan fingerprint density at radius 1 is 1.40 bits per heavy atom. The summed E-state index contributed by atoms with van der Waals surface area (Å²) in [7, 11) is 1.45. The van der Waals surface area contributed by atoms with Gasteiger partial charge in [-0.1, -0.05) is 18.2 Å². The van der Waals surface area contributed by atoms with E-state index in [0.717, 1.165) is 0 Å². The number of nitrogens with two attached hydrogens (primary N) is 1. The molecule has 0 spiro atoms. The molecule has 0 fully saturated rings. The van der Waals surface area contributed by atoms with Gasteiger partial charge in [-0.2, -0.15) is 5.26 Å². The third-order valence-corrected chi connectivity index (χ3v) is 3.87. The summed E-state index contributed by atoms with van der Waals surface area (Å²) in [5, 5.41) is 8.92. The molecule has 2 rings (SSSR count). The summed E-state index contributed by atoms with van der Waals surface area (Å²) >= 11 is 3.35. The smallest absolute Gasteiger partial charge is 0.259 e. The SMILES string of the molecule is COc1cc(/C=C(\C#N)C(N)=O)cc(Br)c1OCc1ccccc1F. The number of carbonyl (C=O) groups excluding carboxylic acids is 1. The van der Waals surface area contributed by atoms with Crippen molar-refractivity contribution < 1.29 is 18.7 Å². The van der Waals surface area contributed by atoms with Gasteiger partial charge in [0, 0.05) is 5.56 Å². The van der Waals surface area contributed by atoms with Crippen LogP contribution in [0, 0.1) is 17.1 Å². The molecule has 0 aliphatic rings. The van der Waals surface area contributed by atoms with Crippen LogP contribution in [-0.4, -0.2) is 13.0 Å². The van der Waals surface area contributed by atoms with E-state index >= 15 is 0 Å². The van der Waals surface area contributed by atoms with Crippen molar-refractivity contribution in [2.45, 2.75) is 6.61 Å². The molecule has 0 bridgehead atoms. The van der Waals surface area contributed by atoms with Crippen molar-refractivity contribution in [3.8, 4) is 17.6 Å². The molecular weight excluding hydrogens is 391 g/mol. The summed E-state index contributed by atoms with van der Waals surface area (Å²) in [5.41, 5.74) is 5.87. The topological polar surface area (TPSA) is 85.3 Å². The van der Waals surface area contributed by atoms with E-state index in [2.05, 4.69) is 15.9 Å². The van der Waals surface area contributed by atoms with Crippen LogP contribution in [0.5, 0.6) is 11.5 Å². The maximum atomic E-state index is 13.7. The summed E-state index contributed by atoms with van der Waals surface area (Å²) < 4.78 is 25.2. The van der Waals surface area contributed by atoms with Gasteiger partial charge in [-0.3, -0.25) is 4.79 Å². The van der Waals surface area contributed by atoms with Crippen molar-refractivity contribution in [2.75, 3.05) is 7.11 Å². The number of nitriles is 1. The lowest BCUT2D eigenvalue weighted by Crippen LogP contribution is -2.12. The molecule has 2 aromatic carbocycles. The predicted molar refractivity (Wildman–Crippen MR) is 94.2 cm³/mol. The summed E-state index contributed by atoms with van der Waals surface area (Å²) in [6.45, 7) is 0.0154. The van der Waals surface area contributed by atoms with Gasteiger partial charge in [0.05, 0.1) is 11.6 Å². The highest BCUT2D eigenvalue weighted by molar-refractivity contribution is 9.10. The first-order valence-electron chi connectivity index (χ1n) is 7.11. The fourth-order valence-electron chi connectivity index (χ4n) is 2.05. The van der Waals surface area contributed by atoms with Gasteiger partial charge in [-0.25, -0.2) is 4.39 Å². The summed E-state index contributed by atoms with van der Waals surface area (Å²) in [4.78, 5) is 11.2. The number of ether oxygens (including phenoxy) is 2. The van der Waals surface area contributed by atoms with E-state index in [4.69, 9.17) is 20.5 Å². The molecule has 2 N–H and O–H groups in total. The average molecular weight is 405 g/mol. The Kier molecular flexibility index (Phi) is 6.14. The van der Waals surface area contributed by atoms with Crippen molar-refractivity contribution in [1.29, 1.82) is 5.26 Å². The molecule has 2 aromatic rings. The van der Waals surface area contributed by atoms with Gasteiger partial charge in [-0.15, -0.1) is 0 Å². The first-order chi connectivity index (χ1) is 12.0. The quantitative estimate of drug-likeness (QED) is 0.588. The first-order valence-corrected chi connectivity index (χ1v) is 7.91. The molecule has 5 nitrogen and oxygen atoms in total. The molecule has 0 unspecified atom stereocenters. The lowest BCUT2D eigenvalue weighted by atomic mass is 10.1. The highest BCUT2D eigenvalue weighted by atomic mass is 79.9. The third-order valence-electron chi connectivity index (χ3n) is 3.28. The Bertz CT molecular complexity index is 875. The minimum atomic E-state index is -0.822. The number of carbonyl (C=O) groups is 1. The van der Waals surface area contributed by atoms with Crippen molar-refractivity contribution in [2.24, 2.45) is 5.73 Å².